The largest absolute Gasteiger partial charge is 0.365 e. The molecule has 3 rings (SSSR count). The van der Waals surface area contributed by atoms with E-state index in [9.17, 15) is 9.59 Å². The number of thiophene rings is 1. The van der Waals surface area contributed by atoms with Gasteiger partial charge in [-0.25, -0.2) is 0 Å². The lowest BCUT2D eigenvalue weighted by Gasteiger charge is -2.18. The number of rotatable bonds is 3. The molecule has 0 aliphatic heterocycles. The summed E-state index contributed by atoms with van der Waals surface area (Å²) in [7, 11) is 0. The number of fused-ring (bicyclic) bond motifs is 1. The molecule has 7 heteroatoms. The number of amides is 2. The van der Waals surface area contributed by atoms with Gasteiger partial charge in [0.05, 0.1) is 15.6 Å². The fourth-order valence-corrected chi connectivity index (χ4v) is 4.62. The van der Waals surface area contributed by atoms with Crippen molar-refractivity contribution in [1.29, 1.82) is 0 Å². The van der Waals surface area contributed by atoms with E-state index in [-0.39, 0.29) is 5.91 Å². The Morgan fingerprint density at radius 1 is 1.29 bits per heavy atom. The highest BCUT2D eigenvalue weighted by molar-refractivity contribution is 7.17. The van der Waals surface area contributed by atoms with Crippen molar-refractivity contribution in [2.24, 2.45) is 11.7 Å². The lowest BCUT2D eigenvalue weighted by Crippen LogP contribution is -2.19. The van der Waals surface area contributed by atoms with Crippen molar-refractivity contribution < 1.29 is 9.59 Å². The molecule has 1 aliphatic carbocycles. The van der Waals surface area contributed by atoms with Crippen LogP contribution in [0, 0.1) is 5.92 Å². The number of anilines is 1. The van der Waals surface area contributed by atoms with E-state index in [4.69, 9.17) is 28.9 Å². The molecule has 0 bridgehead atoms. The minimum Gasteiger partial charge on any atom is -0.365 e. The highest BCUT2D eigenvalue weighted by atomic mass is 35.5. The normalized spacial score (nSPS) is 16.5. The molecule has 0 fully saturated rings. The van der Waals surface area contributed by atoms with Gasteiger partial charge >= 0.3 is 0 Å². The van der Waals surface area contributed by atoms with Crippen molar-refractivity contribution in [2.45, 2.75) is 26.2 Å². The number of benzene rings is 1. The van der Waals surface area contributed by atoms with Gasteiger partial charge in [0.1, 0.15) is 5.00 Å². The monoisotopic (exact) mass is 382 g/mol. The number of hydrogen-bond donors (Lipinski definition) is 2. The van der Waals surface area contributed by atoms with Crippen LogP contribution < -0.4 is 11.1 Å². The van der Waals surface area contributed by atoms with Crippen molar-refractivity contribution in [3.63, 3.8) is 0 Å². The van der Waals surface area contributed by atoms with E-state index in [1.54, 1.807) is 12.1 Å². The molecule has 1 heterocycles. The predicted octanol–water partition coefficient (Wildman–Crippen LogP) is 4.53. The zero-order valence-electron chi connectivity index (χ0n) is 13.0. The van der Waals surface area contributed by atoms with Gasteiger partial charge in [0.2, 0.25) is 0 Å². The fourth-order valence-electron chi connectivity index (χ4n) is 2.91. The second kappa shape index (κ2) is 6.75. The van der Waals surface area contributed by atoms with E-state index in [1.807, 2.05) is 0 Å². The fraction of sp³-hybridized carbons (Fsp3) is 0.294. The SMILES string of the molecule is C[C@H]1CCc2c(sc(NC(=O)c3ccc(Cl)c(Cl)c3)c2C(N)=O)C1. The molecule has 1 atom stereocenters. The third kappa shape index (κ3) is 3.29. The Hall–Kier alpha value is -1.56. The van der Waals surface area contributed by atoms with Crippen LogP contribution in [-0.2, 0) is 12.8 Å². The summed E-state index contributed by atoms with van der Waals surface area (Å²) < 4.78 is 0. The summed E-state index contributed by atoms with van der Waals surface area (Å²) in [5, 5.41) is 4.00. The van der Waals surface area contributed by atoms with Gasteiger partial charge in [-0.3, -0.25) is 9.59 Å². The summed E-state index contributed by atoms with van der Waals surface area (Å²) in [5.41, 5.74) is 7.35. The summed E-state index contributed by atoms with van der Waals surface area (Å²) in [4.78, 5) is 25.5. The van der Waals surface area contributed by atoms with Crippen LogP contribution in [0.3, 0.4) is 0 Å². The molecule has 0 spiro atoms. The molecule has 4 nitrogen and oxygen atoms in total. The van der Waals surface area contributed by atoms with E-state index >= 15 is 0 Å². The van der Waals surface area contributed by atoms with Crippen LogP contribution in [0.5, 0.6) is 0 Å². The van der Waals surface area contributed by atoms with Crippen LogP contribution in [0.2, 0.25) is 10.0 Å². The van der Waals surface area contributed by atoms with Gasteiger partial charge in [0.15, 0.2) is 0 Å². The minimum atomic E-state index is -0.508. The Labute approximate surface area is 153 Å². The molecule has 0 unspecified atom stereocenters. The van der Waals surface area contributed by atoms with E-state index in [2.05, 4.69) is 12.2 Å². The number of carbonyl (C=O) groups is 2. The summed E-state index contributed by atoms with van der Waals surface area (Å²) in [6, 6.07) is 4.65. The topological polar surface area (TPSA) is 72.2 Å². The van der Waals surface area contributed by atoms with Crippen molar-refractivity contribution in [1.82, 2.24) is 0 Å². The molecule has 0 saturated carbocycles. The zero-order valence-corrected chi connectivity index (χ0v) is 15.3. The van der Waals surface area contributed by atoms with Crippen LogP contribution in [0.25, 0.3) is 0 Å². The van der Waals surface area contributed by atoms with Crippen LogP contribution >= 0.6 is 34.5 Å². The lowest BCUT2D eigenvalue weighted by molar-refractivity contribution is 0.1000. The molecule has 0 radical (unpaired) electrons. The third-order valence-corrected chi connectivity index (χ3v) is 6.08. The molecule has 1 aliphatic rings. The van der Waals surface area contributed by atoms with E-state index in [0.29, 0.717) is 32.1 Å². The average Bonchev–Trinajstić information content (AvgIpc) is 2.86. The van der Waals surface area contributed by atoms with Gasteiger partial charge in [-0.05, 0) is 48.9 Å². The number of halogens is 2. The summed E-state index contributed by atoms with van der Waals surface area (Å²) >= 11 is 13.3. The van der Waals surface area contributed by atoms with Crippen LogP contribution in [0.15, 0.2) is 18.2 Å². The second-order valence-electron chi connectivity index (χ2n) is 6.00. The Kier molecular flexibility index (Phi) is 4.85. The zero-order chi connectivity index (χ0) is 17.4. The van der Waals surface area contributed by atoms with Crippen LogP contribution in [0.4, 0.5) is 5.00 Å². The van der Waals surface area contributed by atoms with E-state index in [1.165, 1.54) is 17.4 Å². The first-order valence-electron chi connectivity index (χ1n) is 7.57. The molecule has 1 aromatic carbocycles. The lowest BCUT2D eigenvalue weighted by atomic mass is 9.88. The highest BCUT2D eigenvalue weighted by Gasteiger charge is 2.27. The number of nitrogens with two attached hydrogens (primary N) is 1. The second-order valence-corrected chi connectivity index (χ2v) is 7.92. The smallest absolute Gasteiger partial charge is 0.256 e. The molecule has 126 valence electrons. The van der Waals surface area contributed by atoms with Gasteiger partial charge < -0.3 is 11.1 Å². The third-order valence-electron chi connectivity index (χ3n) is 4.17. The Balaban J connectivity index is 1.93. The van der Waals surface area contributed by atoms with Gasteiger partial charge in [0, 0.05) is 10.4 Å². The molecule has 24 heavy (non-hydrogen) atoms. The summed E-state index contributed by atoms with van der Waals surface area (Å²) in [5.74, 6) is -0.287. The molecular formula is C17H16Cl2N2O2S. The van der Waals surface area contributed by atoms with Crippen molar-refractivity contribution in [3.05, 3.63) is 49.8 Å². The first-order chi connectivity index (χ1) is 11.4. The highest BCUT2D eigenvalue weighted by Crippen LogP contribution is 2.39. The predicted molar refractivity (Wildman–Crippen MR) is 98.4 cm³/mol. The first kappa shape index (κ1) is 17.3. The average molecular weight is 383 g/mol. The standard InChI is InChI=1S/C17H16Cl2N2O2S/c1-8-2-4-10-13(6-8)24-17(14(10)15(20)22)21-16(23)9-3-5-11(18)12(19)7-9/h3,5,7-8H,2,4,6H2,1H3,(H2,20,22)(H,21,23)/t8-/m0/s1. The number of primary amides is 1. The molecule has 2 amide bonds. The van der Waals surface area contributed by atoms with Crippen molar-refractivity contribution >= 4 is 51.4 Å². The summed E-state index contributed by atoms with van der Waals surface area (Å²) in [6.45, 7) is 2.18. The molecule has 1 aromatic heterocycles. The maximum absolute atomic E-state index is 12.5. The molecule has 0 saturated heterocycles. The minimum absolute atomic E-state index is 0.304. The van der Waals surface area contributed by atoms with Gasteiger partial charge in [-0.2, -0.15) is 0 Å². The maximum atomic E-state index is 12.5. The molecule has 2 aromatic rings. The van der Waals surface area contributed by atoms with E-state index in [0.717, 1.165) is 29.7 Å². The number of carbonyl (C=O) groups excluding carboxylic acids is 2. The maximum Gasteiger partial charge on any atom is 0.256 e. The molecular weight excluding hydrogens is 367 g/mol. The quantitative estimate of drug-likeness (QED) is 0.817. The Bertz CT molecular complexity index is 832. The Morgan fingerprint density at radius 3 is 2.71 bits per heavy atom. The summed E-state index contributed by atoms with van der Waals surface area (Å²) in [6.07, 6.45) is 2.74. The molecule has 3 N–H and O–H groups in total. The van der Waals surface area contributed by atoms with Crippen LogP contribution in [-0.4, -0.2) is 11.8 Å². The number of nitrogens with one attached hydrogen (secondary N) is 1. The van der Waals surface area contributed by atoms with Crippen LogP contribution in [0.1, 0.15) is 44.5 Å². The Morgan fingerprint density at radius 2 is 2.04 bits per heavy atom. The van der Waals surface area contributed by atoms with Gasteiger partial charge in [-0.15, -0.1) is 11.3 Å². The van der Waals surface area contributed by atoms with Crippen molar-refractivity contribution in [2.75, 3.05) is 5.32 Å². The van der Waals surface area contributed by atoms with Gasteiger partial charge in [0.25, 0.3) is 11.8 Å². The van der Waals surface area contributed by atoms with Crippen molar-refractivity contribution in [3.8, 4) is 0 Å². The van der Waals surface area contributed by atoms with Gasteiger partial charge in [-0.1, -0.05) is 30.1 Å². The van der Waals surface area contributed by atoms with E-state index < -0.39 is 5.91 Å². The number of hydrogen-bond acceptors (Lipinski definition) is 3. The first-order valence-corrected chi connectivity index (χ1v) is 9.14.